The molecule has 0 saturated heterocycles. The molecule has 0 aliphatic rings. The maximum Gasteiger partial charge on any atom is 0.339 e. The van der Waals surface area contributed by atoms with E-state index in [2.05, 4.69) is 4.98 Å². The van der Waals surface area contributed by atoms with Gasteiger partial charge in [0, 0.05) is 6.20 Å². The maximum atomic E-state index is 11.0. The van der Waals surface area contributed by atoms with Crippen molar-refractivity contribution in [3.63, 3.8) is 0 Å². The number of para-hydroxylation sites is 1. The maximum absolute atomic E-state index is 11.0. The van der Waals surface area contributed by atoms with Crippen molar-refractivity contribution in [1.29, 1.82) is 0 Å². The Kier molecular flexibility index (Phi) is 3.61. The van der Waals surface area contributed by atoms with E-state index >= 15 is 0 Å². The Morgan fingerprint density at radius 2 is 2.35 bits per heavy atom. The quantitative estimate of drug-likeness (QED) is 0.927. The molecule has 0 atom stereocenters. The molecule has 1 heterocycles. The Morgan fingerprint density at radius 1 is 1.53 bits per heavy atom. The van der Waals surface area contributed by atoms with E-state index in [9.17, 15) is 4.79 Å². The van der Waals surface area contributed by atoms with Gasteiger partial charge in [0.25, 0.3) is 0 Å². The number of ether oxygens (including phenoxy) is 1. The second kappa shape index (κ2) is 5.16. The number of carbonyl (C=O) groups is 1. The highest BCUT2D eigenvalue weighted by molar-refractivity contribution is 7.09. The fourth-order valence-corrected chi connectivity index (χ4v) is 2.02. The van der Waals surface area contributed by atoms with E-state index in [0.717, 1.165) is 4.88 Å². The Morgan fingerprint density at radius 3 is 3.00 bits per heavy atom. The van der Waals surface area contributed by atoms with Gasteiger partial charge in [-0.15, -0.1) is 11.3 Å². The van der Waals surface area contributed by atoms with Gasteiger partial charge in [0.2, 0.25) is 0 Å². The monoisotopic (exact) mass is 269 g/mol. The molecule has 0 aliphatic carbocycles. The molecule has 0 saturated carbocycles. The lowest BCUT2D eigenvalue weighted by Crippen LogP contribution is -2.03. The smallest absolute Gasteiger partial charge is 0.339 e. The number of aromatic nitrogens is 1. The van der Waals surface area contributed by atoms with Gasteiger partial charge in [0.15, 0.2) is 5.75 Å². The number of aromatic carboxylic acids is 1. The molecule has 88 valence electrons. The van der Waals surface area contributed by atoms with Gasteiger partial charge in [-0.25, -0.2) is 4.79 Å². The minimum Gasteiger partial charge on any atom is -0.486 e. The number of benzene rings is 1. The second-order valence-electron chi connectivity index (χ2n) is 3.18. The molecule has 2 rings (SSSR count). The first-order valence-corrected chi connectivity index (χ1v) is 5.96. The molecule has 0 spiro atoms. The zero-order valence-corrected chi connectivity index (χ0v) is 10.2. The van der Waals surface area contributed by atoms with Gasteiger partial charge < -0.3 is 9.84 Å². The summed E-state index contributed by atoms with van der Waals surface area (Å²) in [4.78, 5) is 15.8. The summed E-state index contributed by atoms with van der Waals surface area (Å²) in [6, 6.07) is 4.62. The number of nitrogens with zero attached hydrogens (tertiary/aromatic N) is 1. The number of hydrogen-bond donors (Lipinski definition) is 1. The predicted octanol–water partition coefficient (Wildman–Crippen LogP) is 3.07. The van der Waals surface area contributed by atoms with Crippen LogP contribution in [0.3, 0.4) is 0 Å². The molecular weight excluding hydrogens is 262 g/mol. The molecule has 1 aromatic carbocycles. The lowest BCUT2D eigenvalue weighted by molar-refractivity contribution is 0.0692. The third-order valence-electron chi connectivity index (χ3n) is 2.04. The highest BCUT2D eigenvalue weighted by Crippen LogP contribution is 2.29. The molecule has 0 fully saturated rings. The summed E-state index contributed by atoms with van der Waals surface area (Å²) in [7, 11) is 0. The number of thiazole rings is 1. The molecule has 2 aromatic rings. The average molecular weight is 270 g/mol. The summed E-state index contributed by atoms with van der Waals surface area (Å²) < 4.78 is 5.43. The minimum atomic E-state index is -1.06. The predicted molar refractivity (Wildman–Crippen MR) is 64.9 cm³/mol. The van der Waals surface area contributed by atoms with E-state index in [-0.39, 0.29) is 22.9 Å². The molecule has 4 nitrogen and oxygen atoms in total. The number of carboxylic acids is 1. The van der Waals surface area contributed by atoms with Crippen LogP contribution in [0.2, 0.25) is 5.02 Å². The van der Waals surface area contributed by atoms with Crippen LogP contribution in [0.1, 0.15) is 15.2 Å². The van der Waals surface area contributed by atoms with Gasteiger partial charge in [0.05, 0.1) is 15.4 Å². The first kappa shape index (κ1) is 11.9. The molecule has 0 unspecified atom stereocenters. The first-order chi connectivity index (χ1) is 8.18. The third-order valence-corrected chi connectivity index (χ3v) is 3.09. The van der Waals surface area contributed by atoms with Gasteiger partial charge in [0.1, 0.15) is 12.2 Å². The summed E-state index contributed by atoms with van der Waals surface area (Å²) >= 11 is 7.35. The van der Waals surface area contributed by atoms with Crippen LogP contribution in [0.5, 0.6) is 5.75 Å². The normalized spacial score (nSPS) is 10.2. The standard InChI is InChI=1S/C11H8ClNO3S/c12-9-3-1-2-8(11(14)15)10(9)16-5-7-4-13-6-17-7/h1-4,6H,5H2,(H,14,15). The third kappa shape index (κ3) is 2.75. The molecule has 6 heteroatoms. The summed E-state index contributed by atoms with van der Waals surface area (Å²) in [6.45, 7) is 0.259. The van der Waals surface area contributed by atoms with Crippen molar-refractivity contribution in [1.82, 2.24) is 4.98 Å². The number of hydrogen-bond acceptors (Lipinski definition) is 4. The van der Waals surface area contributed by atoms with Crippen molar-refractivity contribution in [3.8, 4) is 5.75 Å². The average Bonchev–Trinajstić information content (AvgIpc) is 2.80. The molecule has 17 heavy (non-hydrogen) atoms. The van der Waals surface area contributed by atoms with Crippen LogP contribution < -0.4 is 4.74 Å². The SMILES string of the molecule is O=C(O)c1cccc(Cl)c1OCc1cncs1. The van der Waals surface area contributed by atoms with Crippen LogP contribution in [0.4, 0.5) is 0 Å². The van der Waals surface area contributed by atoms with Gasteiger partial charge >= 0.3 is 5.97 Å². The molecule has 0 amide bonds. The zero-order valence-electron chi connectivity index (χ0n) is 8.59. The van der Waals surface area contributed by atoms with Crippen molar-refractivity contribution >= 4 is 28.9 Å². The van der Waals surface area contributed by atoms with E-state index in [1.54, 1.807) is 23.8 Å². The number of carboxylic acid groups (broad SMARTS) is 1. The van der Waals surface area contributed by atoms with Crippen molar-refractivity contribution in [2.75, 3.05) is 0 Å². The first-order valence-electron chi connectivity index (χ1n) is 4.70. The fourth-order valence-electron chi connectivity index (χ4n) is 1.28. The Labute approximate surface area is 106 Å². The van der Waals surface area contributed by atoms with Gasteiger partial charge in [-0.3, -0.25) is 4.98 Å². The topological polar surface area (TPSA) is 59.4 Å². The zero-order chi connectivity index (χ0) is 12.3. The van der Waals surface area contributed by atoms with Crippen LogP contribution in [0.25, 0.3) is 0 Å². The van der Waals surface area contributed by atoms with Gasteiger partial charge in [-0.2, -0.15) is 0 Å². The largest absolute Gasteiger partial charge is 0.486 e. The lowest BCUT2D eigenvalue weighted by atomic mass is 10.2. The molecule has 0 bridgehead atoms. The summed E-state index contributed by atoms with van der Waals surface area (Å²) in [5.41, 5.74) is 1.74. The van der Waals surface area contributed by atoms with Crippen LogP contribution in [-0.2, 0) is 6.61 Å². The second-order valence-corrected chi connectivity index (χ2v) is 4.56. The van der Waals surface area contributed by atoms with Gasteiger partial charge in [-0.1, -0.05) is 17.7 Å². The summed E-state index contributed by atoms with van der Waals surface area (Å²) in [5, 5.41) is 9.29. The number of halogens is 1. The summed E-state index contributed by atoms with van der Waals surface area (Å²) in [6.07, 6.45) is 1.67. The minimum absolute atomic E-state index is 0.0574. The van der Waals surface area contributed by atoms with E-state index in [4.69, 9.17) is 21.4 Å². The van der Waals surface area contributed by atoms with Crippen LogP contribution in [-0.4, -0.2) is 16.1 Å². The fraction of sp³-hybridized carbons (Fsp3) is 0.0909. The Bertz CT molecular complexity index is 528. The van der Waals surface area contributed by atoms with E-state index < -0.39 is 5.97 Å². The van der Waals surface area contributed by atoms with E-state index in [1.165, 1.54) is 17.4 Å². The molecule has 1 N–H and O–H groups in total. The highest BCUT2D eigenvalue weighted by atomic mass is 35.5. The number of rotatable bonds is 4. The van der Waals surface area contributed by atoms with E-state index in [1.807, 2.05) is 0 Å². The summed E-state index contributed by atoms with van der Waals surface area (Å²) in [5.74, 6) is -0.873. The van der Waals surface area contributed by atoms with E-state index in [0.29, 0.717) is 0 Å². The van der Waals surface area contributed by atoms with Crippen molar-refractivity contribution in [2.45, 2.75) is 6.61 Å². The van der Waals surface area contributed by atoms with Crippen molar-refractivity contribution in [2.24, 2.45) is 0 Å². The lowest BCUT2D eigenvalue weighted by Gasteiger charge is -2.09. The highest BCUT2D eigenvalue weighted by Gasteiger charge is 2.14. The Hall–Kier alpha value is -1.59. The molecular formula is C11H8ClNO3S. The van der Waals surface area contributed by atoms with Crippen molar-refractivity contribution in [3.05, 3.63) is 45.4 Å². The molecule has 1 aromatic heterocycles. The van der Waals surface area contributed by atoms with Crippen molar-refractivity contribution < 1.29 is 14.6 Å². The van der Waals surface area contributed by atoms with Crippen LogP contribution >= 0.6 is 22.9 Å². The Balaban J connectivity index is 2.22. The van der Waals surface area contributed by atoms with Gasteiger partial charge in [-0.05, 0) is 12.1 Å². The van der Waals surface area contributed by atoms with Crippen LogP contribution in [0, 0.1) is 0 Å². The molecule has 0 radical (unpaired) electrons. The molecule has 0 aliphatic heterocycles. The van der Waals surface area contributed by atoms with Crippen LogP contribution in [0.15, 0.2) is 29.9 Å².